The molecule has 0 aromatic heterocycles. The fourth-order valence-corrected chi connectivity index (χ4v) is 7.41. The lowest BCUT2D eigenvalue weighted by atomic mass is 9.91. The predicted octanol–water partition coefficient (Wildman–Crippen LogP) is 6.80. The Balaban J connectivity index is 1.37. The molecule has 0 aliphatic carbocycles. The average molecular weight is 609 g/mol. The molecule has 0 spiro atoms. The van der Waals surface area contributed by atoms with Gasteiger partial charge in [-0.3, -0.25) is 9.59 Å². The van der Waals surface area contributed by atoms with Crippen molar-refractivity contribution in [1.82, 2.24) is 4.90 Å². The number of ether oxygens (including phenoxy) is 3. The van der Waals surface area contributed by atoms with Crippen molar-refractivity contribution in [3.05, 3.63) is 126 Å². The minimum Gasteiger partial charge on any atom is -0.497 e. The molecule has 226 valence electrons. The summed E-state index contributed by atoms with van der Waals surface area (Å²) in [5.74, 6) is 1.01. The second-order valence-electron chi connectivity index (χ2n) is 11.3. The zero-order valence-electron chi connectivity index (χ0n) is 25.3. The van der Waals surface area contributed by atoms with Crippen LogP contribution in [0.3, 0.4) is 0 Å². The lowest BCUT2D eigenvalue weighted by Gasteiger charge is -2.52. The molecule has 2 heterocycles. The Labute approximate surface area is 262 Å². The van der Waals surface area contributed by atoms with Gasteiger partial charge in [-0.2, -0.15) is 0 Å². The highest BCUT2D eigenvalue weighted by molar-refractivity contribution is 8.02. The smallest absolute Gasteiger partial charge is 0.265 e. The Morgan fingerprint density at radius 1 is 0.886 bits per heavy atom. The van der Waals surface area contributed by atoms with E-state index in [1.807, 2.05) is 116 Å². The Morgan fingerprint density at radius 3 is 2.18 bits per heavy atom. The van der Waals surface area contributed by atoms with E-state index >= 15 is 0 Å². The number of amides is 2. The van der Waals surface area contributed by atoms with Crippen LogP contribution in [-0.2, 0) is 20.9 Å². The van der Waals surface area contributed by atoms with E-state index in [1.165, 1.54) is 11.8 Å². The van der Waals surface area contributed by atoms with Gasteiger partial charge in [-0.1, -0.05) is 78.9 Å². The quantitative estimate of drug-likeness (QED) is 0.195. The number of rotatable bonds is 9. The van der Waals surface area contributed by atoms with Crippen LogP contribution in [0.2, 0.25) is 0 Å². The number of thioether (sulfide) groups is 1. The average Bonchev–Trinajstić information content (AvgIpc) is 3.07. The summed E-state index contributed by atoms with van der Waals surface area (Å²) in [6.07, 6.45) is -0.346. The zero-order chi connectivity index (χ0) is 30.8. The van der Waals surface area contributed by atoms with E-state index in [9.17, 15) is 9.59 Å². The van der Waals surface area contributed by atoms with Crippen LogP contribution >= 0.6 is 11.8 Å². The maximum absolute atomic E-state index is 14.0. The van der Waals surface area contributed by atoms with Gasteiger partial charge in [0, 0.05) is 24.4 Å². The molecule has 2 saturated heterocycles. The molecule has 6 rings (SSSR count). The third kappa shape index (κ3) is 5.55. The highest BCUT2D eigenvalue weighted by atomic mass is 32.2. The van der Waals surface area contributed by atoms with Crippen LogP contribution in [0.4, 0.5) is 5.69 Å². The molecule has 7 nitrogen and oxygen atoms in total. The number of methoxy groups -OCH3 is 1. The fourth-order valence-electron chi connectivity index (χ4n) is 5.91. The van der Waals surface area contributed by atoms with Crippen LogP contribution in [0.1, 0.15) is 42.7 Å². The largest absolute Gasteiger partial charge is 0.497 e. The van der Waals surface area contributed by atoms with Gasteiger partial charge in [0.05, 0.1) is 19.2 Å². The monoisotopic (exact) mass is 608 g/mol. The first kappa shape index (κ1) is 29.8. The van der Waals surface area contributed by atoms with Crippen molar-refractivity contribution in [2.75, 3.05) is 19.1 Å². The first-order chi connectivity index (χ1) is 21.3. The Kier molecular flexibility index (Phi) is 8.38. The molecule has 2 aliphatic rings. The molecule has 0 saturated carbocycles. The van der Waals surface area contributed by atoms with Crippen LogP contribution < -0.4 is 14.4 Å². The first-order valence-corrected chi connectivity index (χ1v) is 15.6. The normalized spacial score (nSPS) is 25.0. The van der Waals surface area contributed by atoms with Crippen LogP contribution in [0.5, 0.6) is 11.5 Å². The molecule has 4 aromatic carbocycles. The van der Waals surface area contributed by atoms with Crippen molar-refractivity contribution < 1.29 is 23.8 Å². The number of benzene rings is 4. The second kappa shape index (κ2) is 12.4. The van der Waals surface area contributed by atoms with E-state index in [-0.39, 0.29) is 24.0 Å². The lowest BCUT2D eigenvalue weighted by molar-refractivity contribution is -0.173. The van der Waals surface area contributed by atoms with E-state index in [0.717, 1.165) is 22.4 Å². The number of para-hydroxylation sites is 1. The van der Waals surface area contributed by atoms with Crippen LogP contribution in [0.15, 0.2) is 109 Å². The summed E-state index contributed by atoms with van der Waals surface area (Å²) >= 11 is 1.27. The van der Waals surface area contributed by atoms with Crippen molar-refractivity contribution in [2.45, 2.75) is 48.8 Å². The summed E-state index contributed by atoms with van der Waals surface area (Å²) in [6, 6.07) is 34.5. The highest BCUT2D eigenvalue weighted by Gasteiger charge is 2.57. The minimum absolute atomic E-state index is 0.0915. The van der Waals surface area contributed by atoms with Gasteiger partial charge in [0.25, 0.3) is 5.91 Å². The topological polar surface area (TPSA) is 68.3 Å². The molecule has 4 aromatic rings. The Bertz CT molecular complexity index is 1620. The van der Waals surface area contributed by atoms with Crippen molar-refractivity contribution in [1.29, 1.82) is 0 Å². The second-order valence-corrected chi connectivity index (χ2v) is 12.8. The molecule has 44 heavy (non-hydrogen) atoms. The predicted molar refractivity (Wildman–Crippen MR) is 173 cm³/mol. The summed E-state index contributed by atoms with van der Waals surface area (Å²) in [5, 5.41) is -0.602. The van der Waals surface area contributed by atoms with Crippen molar-refractivity contribution >= 4 is 29.3 Å². The molecule has 0 N–H and O–H groups in total. The third-order valence-electron chi connectivity index (χ3n) is 8.45. The number of β-lactam (4-membered cyclic amide) rings is 1. The van der Waals surface area contributed by atoms with Crippen LogP contribution in [0, 0.1) is 0 Å². The van der Waals surface area contributed by atoms with Crippen molar-refractivity contribution in [2.24, 2.45) is 0 Å². The van der Waals surface area contributed by atoms with Crippen LogP contribution in [-0.4, -0.2) is 47.1 Å². The molecule has 0 radical (unpaired) electrons. The molecule has 2 amide bonds. The van der Waals surface area contributed by atoms with Gasteiger partial charge in [-0.25, -0.2) is 0 Å². The van der Waals surface area contributed by atoms with E-state index < -0.39 is 16.2 Å². The van der Waals surface area contributed by atoms with Crippen LogP contribution in [0.25, 0.3) is 0 Å². The summed E-state index contributed by atoms with van der Waals surface area (Å²) in [4.78, 5) is 30.1. The Morgan fingerprint density at radius 2 is 1.52 bits per heavy atom. The Hall–Kier alpha value is -4.27. The SMILES string of the molecule is COc1ccc([C@@H]2[C@H](S[C@@]3(C)O[C@H](c4ccccc4)[C@H](C)N(C)C3=O)C(=O)N2c2ccccc2)c(OCc2ccccc2)c1. The summed E-state index contributed by atoms with van der Waals surface area (Å²) in [5.41, 5.74) is 3.61. The number of morpholine rings is 1. The van der Waals surface area contributed by atoms with Gasteiger partial charge in [0.1, 0.15) is 29.5 Å². The van der Waals surface area contributed by atoms with Gasteiger partial charge >= 0.3 is 0 Å². The summed E-state index contributed by atoms with van der Waals surface area (Å²) in [6.45, 7) is 4.13. The number of likely N-dealkylation sites (N-methyl/N-ethyl adjacent to an activating group) is 1. The number of hydrogen-bond donors (Lipinski definition) is 0. The van der Waals surface area contributed by atoms with Gasteiger partial charge in [-0.05, 0) is 49.2 Å². The number of hydrogen-bond acceptors (Lipinski definition) is 6. The van der Waals surface area contributed by atoms with Gasteiger partial charge in [-0.15, -0.1) is 11.8 Å². The standard InChI is InChI=1S/C36H36N2O5S/c1-24-32(26-16-10-6-11-17-26)43-36(2,35(40)37(24)3)44-33-31(38(34(33)39)27-18-12-7-13-19-27)29-21-20-28(41-4)22-30(29)42-23-25-14-8-5-9-15-25/h5-22,24,31-33H,23H2,1-4H3/t24-,31+,32-,33-,36+/m0/s1. The van der Waals surface area contributed by atoms with Gasteiger partial charge in [0.2, 0.25) is 5.91 Å². The van der Waals surface area contributed by atoms with E-state index in [2.05, 4.69) is 0 Å². The lowest BCUT2D eigenvalue weighted by Crippen LogP contribution is -2.62. The third-order valence-corrected chi connectivity index (χ3v) is 9.88. The number of carbonyl (C=O) groups excluding carboxylic acids is 2. The number of anilines is 1. The van der Waals surface area contributed by atoms with Gasteiger partial charge < -0.3 is 24.0 Å². The molecule has 2 fully saturated rings. The maximum Gasteiger partial charge on any atom is 0.265 e. The zero-order valence-corrected chi connectivity index (χ0v) is 26.1. The molecule has 0 unspecified atom stereocenters. The molecule has 8 heteroatoms. The minimum atomic E-state index is -1.29. The molecule has 5 atom stereocenters. The number of nitrogens with zero attached hydrogens (tertiary/aromatic N) is 2. The maximum atomic E-state index is 14.0. The molecular weight excluding hydrogens is 572 g/mol. The summed E-state index contributed by atoms with van der Waals surface area (Å²) in [7, 11) is 3.42. The molecule has 0 bridgehead atoms. The van der Waals surface area contributed by atoms with E-state index in [4.69, 9.17) is 14.2 Å². The highest BCUT2D eigenvalue weighted by Crippen LogP contribution is 2.53. The van der Waals surface area contributed by atoms with E-state index in [0.29, 0.717) is 18.1 Å². The first-order valence-electron chi connectivity index (χ1n) is 14.7. The van der Waals surface area contributed by atoms with Crippen molar-refractivity contribution in [3.63, 3.8) is 0 Å². The fraction of sp³-hybridized carbons (Fsp3) is 0.278. The van der Waals surface area contributed by atoms with Crippen molar-refractivity contribution in [3.8, 4) is 11.5 Å². The van der Waals surface area contributed by atoms with Gasteiger partial charge in [0.15, 0.2) is 4.93 Å². The molecular formula is C36H36N2O5S. The summed E-state index contributed by atoms with van der Waals surface area (Å²) < 4.78 is 18.6. The number of carbonyl (C=O) groups is 2. The van der Waals surface area contributed by atoms with E-state index in [1.54, 1.807) is 30.9 Å². The molecule has 2 aliphatic heterocycles.